The van der Waals surface area contributed by atoms with Gasteiger partial charge in [-0.1, -0.05) is 56.3 Å². The summed E-state index contributed by atoms with van der Waals surface area (Å²) >= 11 is 0. The van der Waals surface area contributed by atoms with Gasteiger partial charge < -0.3 is 11.1 Å². The first-order valence-corrected chi connectivity index (χ1v) is 7.16. The molecule has 3 heteroatoms. The average Bonchev–Trinajstić information content (AvgIpc) is 2.48. The Bertz CT molecular complexity index is 588. The van der Waals surface area contributed by atoms with Crippen LogP contribution in [0.4, 0.5) is 5.69 Å². The first kappa shape index (κ1) is 15.3. The highest BCUT2D eigenvalue weighted by Crippen LogP contribution is 2.23. The smallest absolute Gasteiger partial charge is 0.228 e. The van der Waals surface area contributed by atoms with Gasteiger partial charge >= 0.3 is 0 Å². The number of nitrogens with one attached hydrogen (secondary N) is 1. The SMILES string of the molecule is CC(C)(CN)c1ccc(NC(=O)Cc2ccccc2)cc1. The first-order valence-electron chi connectivity index (χ1n) is 7.16. The molecule has 1 amide bonds. The molecule has 0 saturated heterocycles. The van der Waals surface area contributed by atoms with Crippen LogP contribution in [0.1, 0.15) is 25.0 Å². The van der Waals surface area contributed by atoms with Gasteiger partial charge in [-0.05, 0) is 23.3 Å². The van der Waals surface area contributed by atoms with E-state index in [-0.39, 0.29) is 11.3 Å². The van der Waals surface area contributed by atoms with Crippen molar-refractivity contribution in [2.24, 2.45) is 5.73 Å². The van der Waals surface area contributed by atoms with E-state index in [4.69, 9.17) is 5.73 Å². The van der Waals surface area contributed by atoms with Crippen LogP contribution < -0.4 is 11.1 Å². The quantitative estimate of drug-likeness (QED) is 0.885. The van der Waals surface area contributed by atoms with Gasteiger partial charge in [0.25, 0.3) is 0 Å². The number of carbonyl (C=O) groups is 1. The zero-order valence-electron chi connectivity index (χ0n) is 12.6. The van der Waals surface area contributed by atoms with Crippen molar-refractivity contribution in [3.05, 3.63) is 65.7 Å². The Hall–Kier alpha value is -2.13. The summed E-state index contributed by atoms with van der Waals surface area (Å²) in [5.41, 5.74) is 8.72. The van der Waals surface area contributed by atoms with E-state index in [1.54, 1.807) is 0 Å². The van der Waals surface area contributed by atoms with Gasteiger partial charge in [0.1, 0.15) is 0 Å². The van der Waals surface area contributed by atoms with Crippen LogP contribution >= 0.6 is 0 Å². The summed E-state index contributed by atoms with van der Waals surface area (Å²) in [7, 11) is 0. The van der Waals surface area contributed by atoms with Gasteiger partial charge in [0.2, 0.25) is 5.91 Å². The Morgan fingerprint density at radius 3 is 2.24 bits per heavy atom. The predicted octanol–water partition coefficient (Wildman–Crippen LogP) is 3.10. The van der Waals surface area contributed by atoms with Crippen LogP contribution in [0.5, 0.6) is 0 Å². The molecule has 0 fully saturated rings. The number of anilines is 1. The fourth-order valence-corrected chi connectivity index (χ4v) is 2.11. The minimum atomic E-state index is -0.0490. The summed E-state index contributed by atoms with van der Waals surface area (Å²) in [5.74, 6) is -0.00737. The van der Waals surface area contributed by atoms with Crippen molar-refractivity contribution in [3.63, 3.8) is 0 Å². The van der Waals surface area contributed by atoms with Gasteiger partial charge in [-0.3, -0.25) is 4.79 Å². The number of amides is 1. The third kappa shape index (κ3) is 4.17. The summed E-state index contributed by atoms with van der Waals surface area (Å²) in [4.78, 5) is 12.0. The van der Waals surface area contributed by atoms with Crippen LogP contribution in [-0.4, -0.2) is 12.5 Å². The molecule has 0 atom stereocenters. The molecule has 3 nitrogen and oxygen atoms in total. The highest BCUT2D eigenvalue weighted by atomic mass is 16.1. The second-order valence-corrected chi connectivity index (χ2v) is 5.88. The molecule has 0 bridgehead atoms. The van der Waals surface area contributed by atoms with Crippen molar-refractivity contribution in [3.8, 4) is 0 Å². The molecule has 0 aliphatic rings. The molecule has 2 aromatic rings. The van der Waals surface area contributed by atoms with Crippen molar-refractivity contribution < 1.29 is 4.79 Å². The minimum Gasteiger partial charge on any atom is -0.330 e. The molecule has 2 aromatic carbocycles. The Balaban J connectivity index is 1.99. The van der Waals surface area contributed by atoms with E-state index in [1.165, 1.54) is 5.56 Å². The van der Waals surface area contributed by atoms with Crippen LogP contribution in [0.25, 0.3) is 0 Å². The van der Waals surface area contributed by atoms with Crippen LogP contribution in [0.2, 0.25) is 0 Å². The van der Waals surface area contributed by atoms with Crippen LogP contribution in [-0.2, 0) is 16.6 Å². The third-order valence-electron chi connectivity index (χ3n) is 3.67. The fourth-order valence-electron chi connectivity index (χ4n) is 2.11. The molecule has 0 unspecified atom stereocenters. The molecule has 0 saturated carbocycles. The number of carbonyl (C=O) groups excluding carboxylic acids is 1. The average molecular weight is 282 g/mol. The van der Waals surface area contributed by atoms with Crippen molar-refractivity contribution in [1.29, 1.82) is 0 Å². The zero-order valence-corrected chi connectivity index (χ0v) is 12.6. The molecular formula is C18H22N2O. The molecule has 0 aliphatic carbocycles. The Labute approximate surface area is 126 Å². The van der Waals surface area contributed by atoms with Gasteiger partial charge in [-0.25, -0.2) is 0 Å². The van der Waals surface area contributed by atoms with Gasteiger partial charge in [0, 0.05) is 17.6 Å². The zero-order chi connectivity index (χ0) is 15.3. The lowest BCUT2D eigenvalue weighted by molar-refractivity contribution is -0.115. The molecule has 110 valence electrons. The van der Waals surface area contributed by atoms with E-state index in [2.05, 4.69) is 19.2 Å². The van der Waals surface area contributed by atoms with Gasteiger partial charge in [-0.2, -0.15) is 0 Å². The molecule has 0 heterocycles. The summed E-state index contributed by atoms with van der Waals surface area (Å²) in [5, 5.41) is 2.92. The molecule has 21 heavy (non-hydrogen) atoms. The first-order chi connectivity index (χ1) is 10.0. The monoisotopic (exact) mass is 282 g/mol. The van der Waals surface area contributed by atoms with Gasteiger partial charge in [0.15, 0.2) is 0 Å². The number of hydrogen-bond donors (Lipinski definition) is 2. The topological polar surface area (TPSA) is 55.1 Å². The Kier molecular flexibility index (Phi) is 4.76. The number of hydrogen-bond acceptors (Lipinski definition) is 2. The summed E-state index contributed by atoms with van der Waals surface area (Å²) in [6.45, 7) is 4.80. The fraction of sp³-hybridized carbons (Fsp3) is 0.278. The van der Waals surface area contributed by atoms with E-state index in [9.17, 15) is 4.79 Å². The number of rotatable bonds is 5. The third-order valence-corrected chi connectivity index (χ3v) is 3.67. The van der Waals surface area contributed by atoms with Crippen molar-refractivity contribution in [1.82, 2.24) is 0 Å². The minimum absolute atomic E-state index is 0.00737. The van der Waals surface area contributed by atoms with Crippen molar-refractivity contribution >= 4 is 11.6 Å². The van der Waals surface area contributed by atoms with Crippen molar-refractivity contribution in [2.45, 2.75) is 25.7 Å². The Morgan fingerprint density at radius 1 is 1.05 bits per heavy atom. The highest BCUT2D eigenvalue weighted by Gasteiger charge is 2.18. The van der Waals surface area contributed by atoms with E-state index in [1.807, 2.05) is 54.6 Å². The summed E-state index contributed by atoms with van der Waals surface area (Å²) < 4.78 is 0. The molecule has 0 aromatic heterocycles. The van der Waals surface area contributed by atoms with Gasteiger partial charge in [-0.15, -0.1) is 0 Å². The number of benzene rings is 2. The molecule has 0 aliphatic heterocycles. The highest BCUT2D eigenvalue weighted by molar-refractivity contribution is 5.92. The van der Waals surface area contributed by atoms with Crippen LogP contribution in [0.3, 0.4) is 0 Å². The maximum Gasteiger partial charge on any atom is 0.228 e. The summed E-state index contributed by atoms with van der Waals surface area (Å²) in [6, 6.07) is 17.6. The maximum absolute atomic E-state index is 12.0. The van der Waals surface area contributed by atoms with Crippen LogP contribution in [0, 0.1) is 0 Å². The van der Waals surface area contributed by atoms with E-state index >= 15 is 0 Å². The van der Waals surface area contributed by atoms with E-state index in [0.29, 0.717) is 13.0 Å². The number of nitrogens with two attached hydrogens (primary N) is 1. The second-order valence-electron chi connectivity index (χ2n) is 5.88. The summed E-state index contributed by atoms with van der Waals surface area (Å²) in [6.07, 6.45) is 0.386. The normalized spacial score (nSPS) is 11.2. The van der Waals surface area contributed by atoms with E-state index in [0.717, 1.165) is 11.3 Å². The molecule has 0 radical (unpaired) electrons. The standard InChI is InChI=1S/C18H22N2O/c1-18(2,13-19)15-8-10-16(11-9-15)20-17(21)12-14-6-4-3-5-7-14/h3-11H,12-13,19H2,1-2H3,(H,20,21). The molecular weight excluding hydrogens is 260 g/mol. The lowest BCUT2D eigenvalue weighted by atomic mass is 9.85. The largest absolute Gasteiger partial charge is 0.330 e. The molecule has 0 spiro atoms. The lowest BCUT2D eigenvalue weighted by Crippen LogP contribution is -2.28. The van der Waals surface area contributed by atoms with Crippen LogP contribution in [0.15, 0.2) is 54.6 Å². The Morgan fingerprint density at radius 2 is 1.67 bits per heavy atom. The maximum atomic E-state index is 12.0. The lowest BCUT2D eigenvalue weighted by Gasteiger charge is -2.23. The van der Waals surface area contributed by atoms with Gasteiger partial charge in [0.05, 0.1) is 6.42 Å². The predicted molar refractivity (Wildman–Crippen MR) is 87.3 cm³/mol. The molecule has 2 rings (SSSR count). The molecule has 3 N–H and O–H groups in total. The van der Waals surface area contributed by atoms with Crippen molar-refractivity contribution in [2.75, 3.05) is 11.9 Å². The second kappa shape index (κ2) is 6.55. The van der Waals surface area contributed by atoms with E-state index < -0.39 is 0 Å².